The van der Waals surface area contributed by atoms with Crippen molar-refractivity contribution in [3.8, 4) is 11.8 Å². The summed E-state index contributed by atoms with van der Waals surface area (Å²) in [5.41, 5.74) is 5.52. The molecule has 2 N–H and O–H groups in total. The summed E-state index contributed by atoms with van der Waals surface area (Å²) < 4.78 is 4.68. The number of nitrogens with two attached hydrogens (primary N) is 1. The van der Waals surface area contributed by atoms with Gasteiger partial charge in [0.1, 0.15) is 18.4 Å². The third kappa shape index (κ3) is 3.75. The fraction of sp³-hybridized carbons (Fsp3) is 0.273. The Hall–Kier alpha value is -2.62. The predicted octanol–water partition coefficient (Wildman–Crippen LogP) is 0.877. The molecule has 94 valence electrons. The summed E-state index contributed by atoms with van der Waals surface area (Å²) in [6.07, 6.45) is 0.946. The minimum absolute atomic E-state index is 0.0805. The van der Waals surface area contributed by atoms with Crippen LogP contribution in [0, 0.1) is 22.0 Å². The van der Waals surface area contributed by atoms with E-state index in [0.717, 1.165) is 6.20 Å². The van der Waals surface area contributed by atoms with E-state index in [9.17, 15) is 14.9 Å². The summed E-state index contributed by atoms with van der Waals surface area (Å²) in [7, 11) is 0. The second kappa shape index (κ2) is 6.20. The summed E-state index contributed by atoms with van der Waals surface area (Å²) in [4.78, 5) is 24.6. The second-order valence-electron chi connectivity index (χ2n) is 3.17. The van der Waals surface area contributed by atoms with Gasteiger partial charge in [-0.05, 0) is 6.92 Å². The second-order valence-corrected chi connectivity index (χ2v) is 3.17. The monoisotopic (exact) mass is 249 g/mol. The Balaban J connectivity index is 2.84. The number of hydrogen-bond donors (Lipinski definition) is 1. The van der Waals surface area contributed by atoms with Gasteiger partial charge in [-0.15, -0.1) is 0 Å². The van der Waals surface area contributed by atoms with Gasteiger partial charge in [-0.1, -0.05) is 11.8 Å². The third-order valence-corrected chi connectivity index (χ3v) is 1.88. The Labute approximate surface area is 103 Å². The summed E-state index contributed by atoms with van der Waals surface area (Å²) in [6.45, 7) is 1.97. The van der Waals surface area contributed by atoms with Crippen molar-refractivity contribution in [2.45, 2.75) is 13.3 Å². The molecule has 0 fully saturated rings. The molecule has 0 amide bonds. The first-order valence-electron chi connectivity index (χ1n) is 5.09. The molecule has 1 heterocycles. The molecule has 7 heteroatoms. The highest BCUT2D eigenvalue weighted by molar-refractivity contribution is 5.72. The molecule has 18 heavy (non-hydrogen) atoms. The maximum absolute atomic E-state index is 11.0. The van der Waals surface area contributed by atoms with Crippen LogP contribution in [-0.2, 0) is 9.53 Å². The SMILES string of the molecule is CCOC(=O)CC#Cc1cc([N+](=O)[O-])cnc1N. The number of nitrogens with zero attached hydrogens (tertiary/aromatic N) is 2. The molecule has 0 saturated carbocycles. The Morgan fingerprint density at radius 3 is 3.00 bits per heavy atom. The van der Waals surface area contributed by atoms with E-state index in [1.165, 1.54) is 6.07 Å². The van der Waals surface area contributed by atoms with Crippen LogP contribution in [0.25, 0.3) is 0 Å². The quantitative estimate of drug-likeness (QED) is 0.368. The number of carbonyl (C=O) groups is 1. The first-order valence-corrected chi connectivity index (χ1v) is 5.09. The van der Waals surface area contributed by atoms with Gasteiger partial charge in [0.25, 0.3) is 5.69 Å². The zero-order valence-electron chi connectivity index (χ0n) is 9.67. The minimum Gasteiger partial charge on any atom is -0.465 e. The number of nitro groups is 1. The first kappa shape index (κ1) is 13.4. The van der Waals surface area contributed by atoms with Crippen LogP contribution in [0.2, 0.25) is 0 Å². The lowest BCUT2D eigenvalue weighted by Crippen LogP contribution is -2.02. The standard InChI is InChI=1S/C11H11N3O4/c1-2-18-10(15)5-3-4-8-6-9(14(16)17)7-13-11(8)12/h6-7H,2,5H2,1H3,(H2,12,13). The lowest BCUT2D eigenvalue weighted by atomic mass is 10.2. The van der Waals surface area contributed by atoms with E-state index in [-0.39, 0.29) is 30.1 Å². The predicted molar refractivity (Wildman–Crippen MR) is 63.4 cm³/mol. The molecule has 0 aliphatic rings. The highest BCUT2D eigenvalue weighted by Crippen LogP contribution is 2.15. The van der Waals surface area contributed by atoms with Gasteiger partial charge in [0.15, 0.2) is 0 Å². The lowest BCUT2D eigenvalue weighted by molar-refractivity contribution is -0.385. The van der Waals surface area contributed by atoms with E-state index < -0.39 is 10.9 Å². The van der Waals surface area contributed by atoms with Gasteiger partial charge in [-0.25, -0.2) is 4.98 Å². The largest absolute Gasteiger partial charge is 0.465 e. The highest BCUT2D eigenvalue weighted by Gasteiger charge is 2.08. The molecule has 0 aliphatic carbocycles. The number of aromatic nitrogens is 1. The fourth-order valence-corrected chi connectivity index (χ4v) is 1.09. The molecule has 1 aromatic heterocycles. The molecule has 1 rings (SSSR count). The van der Waals surface area contributed by atoms with Gasteiger partial charge in [0.2, 0.25) is 0 Å². The van der Waals surface area contributed by atoms with Crippen molar-refractivity contribution in [3.05, 3.63) is 27.9 Å². The maximum Gasteiger partial charge on any atom is 0.317 e. The molecule has 0 radical (unpaired) electrons. The Bertz CT molecular complexity index is 531. The minimum atomic E-state index is -0.594. The molecule has 1 aromatic rings. The molecule has 0 bridgehead atoms. The Kier molecular flexibility index (Phi) is 4.63. The molecule has 0 spiro atoms. The number of anilines is 1. The molecular formula is C11H11N3O4. The normalized spacial score (nSPS) is 9.17. The number of ether oxygens (including phenoxy) is 1. The summed E-state index contributed by atoms with van der Waals surface area (Å²) >= 11 is 0. The van der Waals surface area contributed by atoms with E-state index in [4.69, 9.17) is 5.73 Å². The molecule has 0 saturated heterocycles. The van der Waals surface area contributed by atoms with Gasteiger partial charge < -0.3 is 10.5 Å². The number of pyridine rings is 1. The zero-order chi connectivity index (χ0) is 13.5. The molecule has 7 nitrogen and oxygen atoms in total. The van der Waals surface area contributed by atoms with Gasteiger partial charge in [-0.2, -0.15) is 0 Å². The average Bonchev–Trinajstić information content (AvgIpc) is 2.31. The number of esters is 1. The van der Waals surface area contributed by atoms with Crippen LogP contribution in [0.3, 0.4) is 0 Å². The molecule has 0 aliphatic heterocycles. The van der Waals surface area contributed by atoms with E-state index in [0.29, 0.717) is 0 Å². The lowest BCUT2D eigenvalue weighted by Gasteiger charge is -1.97. The first-order chi connectivity index (χ1) is 8.54. The van der Waals surface area contributed by atoms with Gasteiger partial charge in [0.05, 0.1) is 17.1 Å². The smallest absolute Gasteiger partial charge is 0.317 e. The Morgan fingerprint density at radius 1 is 1.67 bits per heavy atom. The average molecular weight is 249 g/mol. The number of carbonyl (C=O) groups excluding carboxylic acids is 1. The molecule has 0 aromatic carbocycles. The Morgan fingerprint density at radius 2 is 2.39 bits per heavy atom. The van der Waals surface area contributed by atoms with Crippen molar-refractivity contribution in [3.63, 3.8) is 0 Å². The van der Waals surface area contributed by atoms with Crippen molar-refractivity contribution in [2.24, 2.45) is 0 Å². The van der Waals surface area contributed by atoms with Gasteiger partial charge >= 0.3 is 5.97 Å². The fourth-order valence-electron chi connectivity index (χ4n) is 1.09. The molecular weight excluding hydrogens is 238 g/mol. The van der Waals surface area contributed by atoms with E-state index in [1.807, 2.05) is 0 Å². The highest BCUT2D eigenvalue weighted by atomic mass is 16.6. The number of rotatable bonds is 3. The van der Waals surface area contributed by atoms with E-state index in [1.54, 1.807) is 6.92 Å². The van der Waals surface area contributed by atoms with Crippen molar-refractivity contribution < 1.29 is 14.5 Å². The summed E-state index contributed by atoms with van der Waals surface area (Å²) in [5, 5.41) is 10.5. The van der Waals surface area contributed by atoms with Crippen LogP contribution >= 0.6 is 0 Å². The molecule has 0 atom stereocenters. The van der Waals surface area contributed by atoms with Gasteiger partial charge in [-0.3, -0.25) is 14.9 Å². The topological polar surface area (TPSA) is 108 Å². The van der Waals surface area contributed by atoms with Crippen LogP contribution in [-0.4, -0.2) is 22.5 Å². The van der Waals surface area contributed by atoms with Crippen LogP contribution in [0.4, 0.5) is 11.5 Å². The van der Waals surface area contributed by atoms with E-state index >= 15 is 0 Å². The number of hydrogen-bond acceptors (Lipinski definition) is 6. The van der Waals surface area contributed by atoms with Crippen LogP contribution in [0.1, 0.15) is 18.9 Å². The van der Waals surface area contributed by atoms with E-state index in [2.05, 4.69) is 21.6 Å². The van der Waals surface area contributed by atoms with Crippen LogP contribution in [0.5, 0.6) is 0 Å². The summed E-state index contributed by atoms with van der Waals surface area (Å²) in [6, 6.07) is 1.21. The summed E-state index contributed by atoms with van der Waals surface area (Å²) in [5.74, 6) is 4.70. The van der Waals surface area contributed by atoms with Gasteiger partial charge in [0, 0.05) is 6.07 Å². The van der Waals surface area contributed by atoms with Crippen LogP contribution < -0.4 is 5.73 Å². The van der Waals surface area contributed by atoms with Crippen molar-refractivity contribution in [1.29, 1.82) is 0 Å². The maximum atomic E-state index is 11.0. The number of nitrogen functional groups attached to an aromatic ring is 1. The van der Waals surface area contributed by atoms with Crippen molar-refractivity contribution in [1.82, 2.24) is 4.98 Å². The molecule has 0 unspecified atom stereocenters. The zero-order valence-corrected chi connectivity index (χ0v) is 9.67. The van der Waals surface area contributed by atoms with Crippen molar-refractivity contribution in [2.75, 3.05) is 12.3 Å². The third-order valence-electron chi connectivity index (χ3n) is 1.88. The van der Waals surface area contributed by atoms with Crippen LogP contribution in [0.15, 0.2) is 12.3 Å². The van der Waals surface area contributed by atoms with Crippen molar-refractivity contribution >= 4 is 17.5 Å².